The topological polar surface area (TPSA) is 80.5 Å². The molecule has 41 heavy (non-hydrogen) atoms. The van der Waals surface area contributed by atoms with Crippen LogP contribution in [-0.2, 0) is 12.1 Å². The number of piperidine rings is 1. The van der Waals surface area contributed by atoms with Gasteiger partial charge in [-0.25, -0.2) is 0 Å². The summed E-state index contributed by atoms with van der Waals surface area (Å²) in [4.78, 5) is 37.3. The molecule has 2 aliphatic heterocycles. The van der Waals surface area contributed by atoms with E-state index in [1.54, 1.807) is 18.3 Å². The second-order valence-corrected chi connectivity index (χ2v) is 11.8. The van der Waals surface area contributed by atoms with Crippen LogP contribution in [0.2, 0.25) is 0 Å². The number of nitrogens with zero attached hydrogens (tertiary/aromatic N) is 5. The Labute approximate surface area is 243 Å². The molecule has 3 aromatic rings. The SMILES string of the molecule is CC(C)(c1ccccc1)N1CCN(C(=O)c2ccc(C(=O)CC3CCN(Cc4ccc(C#N)cc4)CC3)nc2)CC1. The molecule has 2 aliphatic rings. The number of carbonyl (C=O) groups is 2. The van der Waals surface area contributed by atoms with Crippen molar-refractivity contribution < 1.29 is 9.59 Å². The molecule has 7 nitrogen and oxygen atoms in total. The second-order valence-electron chi connectivity index (χ2n) is 11.8. The monoisotopic (exact) mass is 549 g/mol. The van der Waals surface area contributed by atoms with Crippen molar-refractivity contribution in [3.8, 4) is 6.07 Å². The molecule has 0 bridgehead atoms. The van der Waals surface area contributed by atoms with Crippen LogP contribution in [0.25, 0.3) is 0 Å². The Morgan fingerprint density at radius 2 is 1.59 bits per heavy atom. The van der Waals surface area contributed by atoms with Crippen molar-refractivity contribution in [2.24, 2.45) is 5.92 Å². The highest BCUT2D eigenvalue weighted by atomic mass is 16.2. The second kappa shape index (κ2) is 12.8. The number of pyridine rings is 1. The zero-order valence-electron chi connectivity index (χ0n) is 24.1. The van der Waals surface area contributed by atoms with Gasteiger partial charge in [-0.15, -0.1) is 0 Å². The van der Waals surface area contributed by atoms with Crippen LogP contribution < -0.4 is 0 Å². The number of nitriles is 1. The normalized spacial score (nSPS) is 17.2. The average Bonchev–Trinajstić information content (AvgIpc) is 3.02. The lowest BCUT2D eigenvalue weighted by Gasteiger charge is -2.44. The molecule has 7 heteroatoms. The molecule has 1 amide bonds. The Morgan fingerprint density at radius 3 is 2.20 bits per heavy atom. The standard InChI is InChI=1S/C34H39N5O2/c1-34(2,30-6-4-3-5-7-30)39-20-18-38(19-21-39)33(41)29-12-13-31(36-24-29)32(40)22-26-14-16-37(17-15-26)25-28-10-8-27(23-35)9-11-28/h3-13,24,26H,14-22,25H2,1-2H3. The molecule has 2 aromatic carbocycles. The van der Waals surface area contributed by atoms with Crippen molar-refractivity contribution in [1.29, 1.82) is 5.26 Å². The lowest BCUT2D eigenvalue weighted by atomic mass is 9.90. The molecule has 0 atom stereocenters. The van der Waals surface area contributed by atoms with E-state index >= 15 is 0 Å². The number of hydrogen-bond acceptors (Lipinski definition) is 6. The maximum Gasteiger partial charge on any atom is 0.255 e. The fourth-order valence-corrected chi connectivity index (χ4v) is 6.02. The summed E-state index contributed by atoms with van der Waals surface area (Å²) in [5, 5.41) is 8.98. The first kappa shape index (κ1) is 28.7. The predicted molar refractivity (Wildman–Crippen MR) is 159 cm³/mol. The average molecular weight is 550 g/mol. The van der Waals surface area contributed by atoms with Crippen LogP contribution in [0.3, 0.4) is 0 Å². The van der Waals surface area contributed by atoms with E-state index < -0.39 is 0 Å². The number of piperazine rings is 1. The lowest BCUT2D eigenvalue weighted by molar-refractivity contribution is 0.0391. The fraction of sp³-hybridized carbons (Fsp3) is 0.412. The van der Waals surface area contributed by atoms with Gasteiger partial charge in [0.1, 0.15) is 5.69 Å². The van der Waals surface area contributed by atoms with E-state index in [1.807, 2.05) is 35.2 Å². The highest BCUT2D eigenvalue weighted by molar-refractivity contribution is 5.97. The largest absolute Gasteiger partial charge is 0.336 e. The van der Waals surface area contributed by atoms with Gasteiger partial charge in [-0.3, -0.25) is 24.4 Å². The minimum atomic E-state index is -0.0957. The maximum atomic E-state index is 13.2. The Hall–Kier alpha value is -3.86. The van der Waals surface area contributed by atoms with Crippen molar-refractivity contribution in [2.45, 2.75) is 45.2 Å². The van der Waals surface area contributed by atoms with Crippen molar-refractivity contribution >= 4 is 11.7 Å². The number of hydrogen-bond donors (Lipinski definition) is 0. The molecule has 3 heterocycles. The molecule has 1 aromatic heterocycles. The zero-order valence-corrected chi connectivity index (χ0v) is 24.1. The summed E-state index contributed by atoms with van der Waals surface area (Å²) in [5.41, 5.74) is 4.04. The van der Waals surface area contributed by atoms with Crippen LogP contribution in [0.1, 0.15) is 70.6 Å². The van der Waals surface area contributed by atoms with Crippen molar-refractivity contribution in [2.75, 3.05) is 39.3 Å². The van der Waals surface area contributed by atoms with Crippen molar-refractivity contribution in [1.82, 2.24) is 19.7 Å². The summed E-state index contributed by atoms with van der Waals surface area (Å²) < 4.78 is 0. The molecule has 0 radical (unpaired) electrons. The van der Waals surface area contributed by atoms with Gasteiger partial charge in [-0.05, 0) is 81.1 Å². The number of likely N-dealkylation sites (tertiary alicyclic amines) is 1. The molecule has 2 saturated heterocycles. The third kappa shape index (κ3) is 6.90. The van der Waals surface area contributed by atoms with Crippen LogP contribution in [0.4, 0.5) is 0 Å². The number of carbonyl (C=O) groups excluding carboxylic acids is 2. The summed E-state index contributed by atoms with van der Waals surface area (Å²) in [5.74, 6) is 0.369. The molecule has 0 spiro atoms. The molecular formula is C34H39N5O2. The first-order chi connectivity index (χ1) is 19.8. The fourth-order valence-electron chi connectivity index (χ4n) is 6.02. The number of rotatable bonds is 8. The first-order valence-corrected chi connectivity index (χ1v) is 14.6. The van der Waals surface area contributed by atoms with Gasteiger partial charge in [-0.2, -0.15) is 5.26 Å². The van der Waals surface area contributed by atoms with Gasteiger partial charge in [0.15, 0.2) is 5.78 Å². The molecule has 0 N–H and O–H groups in total. The smallest absolute Gasteiger partial charge is 0.255 e. The van der Waals surface area contributed by atoms with Gasteiger partial charge in [-0.1, -0.05) is 42.5 Å². The number of amides is 1. The van der Waals surface area contributed by atoms with Crippen molar-refractivity contribution in [3.63, 3.8) is 0 Å². The Kier molecular flexibility index (Phi) is 8.92. The van der Waals surface area contributed by atoms with Crippen LogP contribution in [0.5, 0.6) is 0 Å². The van der Waals surface area contributed by atoms with Crippen LogP contribution in [-0.4, -0.2) is 70.6 Å². The van der Waals surface area contributed by atoms with Gasteiger partial charge >= 0.3 is 0 Å². The van der Waals surface area contributed by atoms with Gasteiger partial charge in [0.05, 0.1) is 17.2 Å². The predicted octanol–water partition coefficient (Wildman–Crippen LogP) is 5.13. The van der Waals surface area contributed by atoms with Gasteiger partial charge < -0.3 is 4.90 Å². The summed E-state index contributed by atoms with van der Waals surface area (Å²) >= 11 is 0. The van der Waals surface area contributed by atoms with Gasteiger partial charge in [0.2, 0.25) is 0 Å². The maximum absolute atomic E-state index is 13.2. The highest BCUT2D eigenvalue weighted by Gasteiger charge is 2.33. The Morgan fingerprint density at radius 1 is 0.902 bits per heavy atom. The van der Waals surface area contributed by atoms with E-state index in [2.05, 4.69) is 59.0 Å². The summed E-state index contributed by atoms with van der Waals surface area (Å²) in [6.45, 7) is 10.2. The van der Waals surface area contributed by atoms with Crippen LogP contribution in [0.15, 0.2) is 72.9 Å². The number of ketones is 1. The molecule has 5 rings (SSSR count). The van der Waals surface area contributed by atoms with E-state index in [9.17, 15) is 9.59 Å². The lowest BCUT2D eigenvalue weighted by Crippen LogP contribution is -2.54. The van der Waals surface area contributed by atoms with Gasteiger partial charge in [0, 0.05) is 50.9 Å². The Bertz CT molecular complexity index is 1360. The summed E-state index contributed by atoms with van der Waals surface area (Å²) in [7, 11) is 0. The number of benzene rings is 2. The first-order valence-electron chi connectivity index (χ1n) is 14.6. The van der Waals surface area contributed by atoms with E-state index in [0.717, 1.165) is 45.6 Å². The zero-order chi connectivity index (χ0) is 28.8. The third-order valence-corrected chi connectivity index (χ3v) is 8.80. The van der Waals surface area contributed by atoms with E-state index in [1.165, 1.54) is 11.1 Å². The molecule has 0 aliphatic carbocycles. The summed E-state index contributed by atoms with van der Waals surface area (Å²) in [6.07, 6.45) is 4.01. The Balaban J connectivity index is 1.08. The highest BCUT2D eigenvalue weighted by Crippen LogP contribution is 2.29. The van der Waals surface area contributed by atoms with E-state index in [-0.39, 0.29) is 17.2 Å². The van der Waals surface area contributed by atoms with Crippen LogP contribution in [0, 0.1) is 17.2 Å². The van der Waals surface area contributed by atoms with Crippen LogP contribution >= 0.6 is 0 Å². The summed E-state index contributed by atoms with van der Waals surface area (Å²) in [6, 6.07) is 23.9. The van der Waals surface area contributed by atoms with Crippen molar-refractivity contribution in [3.05, 3.63) is 101 Å². The quantitative estimate of drug-likeness (QED) is 0.363. The third-order valence-electron chi connectivity index (χ3n) is 8.80. The molecule has 212 valence electrons. The molecule has 0 unspecified atom stereocenters. The minimum Gasteiger partial charge on any atom is -0.336 e. The van der Waals surface area contributed by atoms with Gasteiger partial charge in [0.25, 0.3) is 5.91 Å². The van der Waals surface area contributed by atoms with E-state index in [4.69, 9.17) is 5.26 Å². The molecular weight excluding hydrogens is 510 g/mol. The molecule has 2 fully saturated rings. The number of Topliss-reactive ketones (excluding diaryl/α,β-unsaturated/α-hetero) is 1. The minimum absolute atomic E-state index is 0.0247. The molecule has 0 saturated carbocycles. The number of aromatic nitrogens is 1. The van der Waals surface area contributed by atoms with E-state index in [0.29, 0.717) is 42.2 Å².